The molecule has 0 radical (unpaired) electrons. The van der Waals surface area contributed by atoms with E-state index in [1.165, 1.54) is 11.3 Å². The SMILES string of the molecule is Cc1cc(C)nc(Nc2cc(C3CCN(Cc4ccn[nH]4)CC3)ccn2)n1. The standard InChI is InChI=1S/C20H25N7/c1-14-11-15(2)24-20(23-14)25-19-12-17(3-7-21-19)16-5-9-27(10-6-16)13-18-4-8-22-26-18/h3-4,7-8,11-12,16H,5-6,9-10,13H2,1-2H3,(H,22,26)(H,21,23,24,25). The molecule has 1 aliphatic rings. The number of H-pyrrole nitrogens is 1. The molecular weight excluding hydrogens is 338 g/mol. The summed E-state index contributed by atoms with van der Waals surface area (Å²) in [6.07, 6.45) is 5.99. The molecule has 27 heavy (non-hydrogen) atoms. The molecule has 1 aliphatic heterocycles. The van der Waals surface area contributed by atoms with Crippen LogP contribution in [0.15, 0.2) is 36.7 Å². The average Bonchev–Trinajstić information content (AvgIpc) is 3.15. The number of hydrogen-bond acceptors (Lipinski definition) is 6. The van der Waals surface area contributed by atoms with Gasteiger partial charge in [0.1, 0.15) is 5.82 Å². The first-order chi connectivity index (χ1) is 13.2. The third kappa shape index (κ3) is 4.49. The number of aryl methyl sites for hydroxylation is 2. The number of piperidine rings is 1. The molecule has 0 atom stereocenters. The molecule has 7 heteroatoms. The molecular formula is C20H25N7. The smallest absolute Gasteiger partial charge is 0.228 e. The summed E-state index contributed by atoms with van der Waals surface area (Å²) in [6.45, 7) is 7.07. The minimum absolute atomic E-state index is 0.562. The number of rotatable bonds is 5. The van der Waals surface area contributed by atoms with Gasteiger partial charge in [-0.15, -0.1) is 0 Å². The Kier molecular flexibility index (Phi) is 5.11. The van der Waals surface area contributed by atoms with Crippen molar-refractivity contribution >= 4 is 11.8 Å². The van der Waals surface area contributed by atoms with Gasteiger partial charge >= 0.3 is 0 Å². The lowest BCUT2D eigenvalue weighted by Crippen LogP contribution is -2.32. The summed E-state index contributed by atoms with van der Waals surface area (Å²) in [7, 11) is 0. The Balaban J connectivity index is 1.39. The Hall–Kier alpha value is -2.80. The van der Waals surface area contributed by atoms with E-state index in [-0.39, 0.29) is 0 Å². The van der Waals surface area contributed by atoms with E-state index in [9.17, 15) is 0 Å². The summed E-state index contributed by atoms with van der Waals surface area (Å²) in [5, 5.41) is 10.3. The lowest BCUT2D eigenvalue weighted by molar-refractivity contribution is 0.202. The van der Waals surface area contributed by atoms with Crippen LogP contribution in [0.4, 0.5) is 11.8 Å². The molecule has 0 aromatic carbocycles. The average molecular weight is 363 g/mol. The normalized spacial score (nSPS) is 15.8. The zero-order valence-corrected chi connectivity index (χ0v) is 15.8. The van der Waals surface area contributed by atoms with Gasteiger partial charge in [0.2, 0.25) is 5.95 Å². The molecule has 3 aromatic rings. The molecule has 7 nitrogen and oxygen atoms in total. The number of nitrogens with zero attached hydrogens (tertiary/aromatic N) is 5. The van der Waals surface area contributed by atoms with Crippen LogP contribution in [0, 0.1) is 13.8 Å². The molecule has 0 amide bonds. The van der Waals surface area contributed by atoms with Crippen LogP contribution < -0.4 is 5.32 Å². The summed E-state index contributed by atoms with van der Waals surface area (Å²) < 4.78 is 0. The molecule has 0 spiro atoms. The monoisotopic (exact) mass is 363 g/mol. The largest absolute Gasteiger partial charge is 0.309 e. The van der Waals surface area contributed by atoms with E-state index >= 15 is 0 Å². The predicted octanol–water partition coefficient (Wildman–Crippen LogP) is 3.33. The first-order valence-corrected chi connectivity index (χ1v) is 9.41. The first-order valence-electron chi connectivity index (χ1n) is 9.41. The lowest BCUT2D eigenvalue weighted by Gasteiger charge is -2.31. The van der Waals surface area contributed by atoms with Crippen LogP contribution in [0.25, 0.3) is 0 Å². The Morgan fingerprint density at radius 2 is 1.85 bits per heavy atom. The maximum Gasteiger partial charge on any atom is 0.228 e. The number of nitrogens with one attached hydrogen (secondary N) is 2. The van der Waals surface area contributed by atoms with Crippen LogP contribution in [0.5, 0.6) is 0 Å². The van der Waals surface area contributed by atoms with Crippen LogP contribution >= 0.6 is 0 Å². The van der Waals surface area contributed by atoms with Gasteiger partial charge in [-0.2, -0.15) is 5.10 Å². The minimum atomic E-state index is 0.562. The second kappa shape index (κ2) is 7.84. The highest BCUT2D eigenvalue weighted by Crippen LogP contribution is 2.29. The fraction of sp³-hybridized carbons (Fsp3) is 0.400. The van der Waals surface area contributed by atoms with Crippen molar-refractivity contribution in [3.8, 4) is 0 Å². The number of aromatic nitrogens is 5. The highest BCUT2D eigenvalue weighted by molar-refractivity contribution is 5.49. The lowest BCUT2D eigenvalue weighted by atomic mass is 9.90. The summed E-state index contributed by atoms with van der Waals surface area (Å²) in [4.78, 5) is 15.8. The van der Waals surface area contributed by atoms with Crippen molar-refractivity contribution in [2.45, 2.75) is 39.2 Å². The molecule has 4 rings (SSSR count). The number of aromatic amines is 1. The topological polar surface area (TPSA) is 82.6 Å². The molecule has 2 N–H and O–H groups in total. The molecule has 0 aliphatic carbocycles. The van der Waals surface area contributed by atoms with Crippen LogP contribution in [-0.2, 0) is 6.54 Å². The quantitative estimate of drug-likeness (QED) is 0.723. The van der Waals surface area contributed by atoms with E-state index in [0.29, 0.717) is 11.9 Å². The zero-order chi connectivity index (χ0) is 18.6. The fourth-order valence-electron chi connectivity index (χ4n) is 3.70. The number of likely N-dealkylation sites (tertiary alicyclic amines) is 1. The van der Waals surface area contributed by atoms with Crippen molar-refractivity contribution in [3.05, 3.63) is 59.3 Å². The van der Waals surface area contributed by atoms with Gasteiger partial charge < -0.3 is 5.32 Å². The zero-order valence-electron chi connectivity index (χ0n) is 15.8. The van der Waals surface area contributed by atoms with Crippen molar-refractivity contribution in [2.24, 2.45) is 0 Å². The molecule has 1 fully saturated rings. The van der Waals surface area contributed by atoms with E-state index in [0.717, 1.165) is 49.7 Å². The Morgan fingerprint density at radius 1 is 1.07 bits per heavy atom. The van der Waals surface area contributed by atoms with Crippen molar-refractivity contribution in [1.29, 1.82) is 0 Å². The summed E-state index contributed by atoms with van der Waals surface area (Å²) >= 11 is 0. The van der Waals surface area contributed by atoms with Gasteiger partial charge in [-0.3, -0.25) is 10.00 Å². The van der Waals surface area contributed by atoms with Gasteiger partial charge in [0.05, 0.1) is 0 Å². The van der Waals surface area contributed by atoms with Crippen LogP contribution in [0.1, 0.15) is 41.4 Å². The van der Waals surface area contributed by atoms with Crippen LogP contribution in [0.3, 0.4) is 0 Å². The van der Waals surface area contributed by atoms with E-state index in [4.69, 9.17) is 0 Å². The van der Waals surface area contributed by atoms with Gasteiger partial charge in [-0.05, 0) is 75.5 Å². The molecule has 3 aromatic heterocycles. The molecule has 140 valence electrons. The third-order valence-electron chi connectivity index (χ3n) is 5.02. The second-order valence-corrected chi connectivity index (χ2v) is 7.21. The predicted molar refractivity (Wildman–Crippen MR) is 105 cm³/mol. The molecule has 0 bridgehead atoms. The van der Waals surface area contributed by atoms with E-state index in [1.807, 2.05) is 38.4 Å². The van der Waals surface area contributed by atoms with E-state index < -0.39 is 0 Å². The molecule has 0 unspecified atom stereocenters. The van der Waals surface area contributed by atoms with Gasteiger partial charge in [0.25, 0.3) is 0 Å². The third-order valence-corrected chi connectivity index (χ3v) is 5.02. The van der Waals surface area contributed by atoms with Crippen LogP contribution in [0.2, 0.25) is 0 Å². The maximum atomic E-state index is 4.44. The Labute approximate surface area is 159 Å². The highest BCUT2D eigenvalue weighted by atomic mass is 15.2. The van der Waals surface area contributed by atoms with Crippen molar-refractivity contribution < 1.29 is 0 Å². The Morgan fingerprint density at radius 3 is 2.56 bits per heavy atom. The first kappa shape index (κ1) is 17.6. The number of anilines is 2. The van der Waals surface area contributed by atoms with Crippen molar-refractivity contribution in [1.82, 2.24) is 30.0 Å². The number of hydrogen-bond donors (Lipinski definition) is 2. The highest BCUT2D eigenvalue weighted by Gasteiger charge is 2.21. The van der Waals surface area contributed by atoms with Gasteiger partial charge in [-0.1, -0.05) is 0 Å². The van der Waals surface area contributed by atoms with E-state index in [1.54, 1.807) is 0 Å². The Bertz CT molecular complexity index is 863. The summed E-state index contributed by atoms with van der Waals surface area (Å²) in [5.41, 5.74) is 4.41. The van der Waals surface area contributed by atoms with Crippen molar-refractivity contribution in [2.75, 3.05) is 18.4 Å². The van der Waals surface area contributed by atoms with E-state index in [2.05, 4.69) is 47.5 Å². The maximum absolute atomic E-state index is 4.44. The minimum Gasteiger partial charge on any atom is -0.309 e. The summed E-state index contributed by atoms with van der Waals surface area (Å²) in [6, 6.07) is 8.27. The van der Waals surface area contributed by atoms with Crippen molar-refractivity contribution in [3.63, 3.8) is 0 Å². The summed E-state index contributed by atoms with van der Waals surface area (Å²) in [5.74, 6) is 1.97. The van der Waals surface area contributed by atoms with Gasteiger partial charge in [0, 0.05) is 36.0 Å². The second-order valence-electron chi connectivity index (χ2n) is 7.21. The molecule has 4 heterocycles. The van der Waals surface area contributed by atoms with Crippen LogP contribution in [-0.4, -0.2) is 43.1 Å². The number of pyridine rings is 1. The fourth-order valence-corrected chi connectivity index (χ4v) is 3.70. The molecule has 1 saturated heterocycles. The van der Waals surface area contributed by atoms with Gasteiger partial charge in [0.15, 0.2) is 0 Å². The van der Waals surface area contributed by atoms with Gasteiger partial charge in [-0.25, -0.2) is 15.0 Å². The molecule has 0 saturated carbocycles.